The molecule has 3 rings (SSSR count). The Balaban J connectivity index is 2.01. The van der Waals surface area contributed by atoms with Crippen LogP contribution in [0.15, 0.2) is 40.6 Å². The smallest absolute Gasteiger partial charge is 0.293 e. The predicted molar refractivity (Wildman–Crippen MR) is 107 cm³/mol. The molecule has 0 radical (unpaired) electrons. The van der Waals surface area contributed by atoms with Crippen molar-refractivity contribution < 1.29 is 13.3 Å². The number of nitrogens with one attached hydrogen (secondary N) is 1. The minimum Gasteiger partial charge on any atom is -0.358 e. The molecule has 0 amide bonds. The fraction of sp³-hybridized carbons (Fsp3) is 0.444. The SMILES string of the molecule is CC(C)(C)NS(=O)(=O)c1ccc(N2CCC[C@@H]2c2cccs2)c([N+](=O)[O-])c1. The topological polar surface area (TPSA) is 92.6 Å². The molecule has 1 aliphatic rings. The summed E-state index contributed by atoms with van der Waals surface area (Å²) in [6.45, 7) is 5.88. The second-order valence-corrected chi connectivity index (χ2v) is 10.3. The third-order valence-electron chi connectivity index (χ3n) is 4.33. The minimum atomic E-state index is -3.84. The second-order valence-electron chi connectivity index (χ2n) is 7.63. The van der Waals surface area contributed by atoms with E-state index in [4.69, 9.17) is 0 Å². The number of nitro groups is 1. The van der Waals surface area contributed by atoms with Crippen LogP contribution >= 0.6 is 11.3 Å². The number of rotatable bonds is 5. The maximum atomic E-state index is 12.6. The highest BCUT2D eigenvalue weighted by Crippen LogP contribution is 2.42. The first-order chi connectivity index (χ1) is 12.6. The zero-order chi connectivity index (χ0) is 19.8. The summed E-state index contributed by atoms with van der Waals surface area (Å²) >= 11 is 1.63. The van der Waals surface area contributed by atoms with Crippen molar-refractivity contribution in [3.8, 4) is 0 Å². The summed E-state index contributed by atoms with van der Waals surface area (Å²) in [4.78, 5) is 14.3. The molecule has 1 aromatic carbocycles. The van der Waals surface area contributed by atoms with Gasteiger partial charge in [0, 0.05) is 23.0 Å². The van der Waals surface area contributed by atoms with Crippen LogP contribution < -0.4 is 9.62 Å². The summed E-state index contributed by atoms with van der Waals surface area (Å²) in [6, 6.07) is 8.25. The van der Waals surface area contributed by atoms with Crippen LogP contribution in [-0.4, -0.2) is 25.4 Å². The molecular formula is C18H23N3O4S2. The first kappa shape index (κ1) is 19.8. The minimum absolute atomic E-state index is 0.0823. The number of benzene rings is 1. The van der Waals surface area contributed by atoms with Crippen molar-refractivity contribution in [1.82, 2.24) is 4.72 Å². The predicted octanol–water partition coefficient (Wildman–Crippen LogP) is 4.07. The summed E-state index contributed by atoms with van der Waals surface area (Å²) < 4.78 is 27.7. The number of sulfonamides is 1. The normalized spacial score (nSPS) is 18.0. The lowest BCUT2D eigenvalue weighted by molar-refractivity contribution is -0.384. The van der Waals surface area contributed by atoms with Gasteiger partial charge in [-0.2, -0.15) is 0 Å². The summed E-state index contributed by atoms with van der Waals surface area (Å²) in [5, 5.41) is 13.7. The zero-order valence-electron chi connectivity index (χ0n) is 15.5. The molecule has 0 saturated carbocycles. The van der Waals surface area contributed by atoms with E-state index < -0.39 is 20.5 Å². The van der Waals surface area contributed by atoms with Gasteiger partial charge in [0.05, 0.1) is 15.9 Å². The van der Waals surface area contributed by atoms with E-state index in [-0.39, 0.29) is 16.6 Å². The molecule has 2 aromatic rings. The van der Waals surface area contributed by atoms with Gasteiger partial charge in [0.25, 0.3) is 5.69 Å². The van der Waals surface area contributed by atoms with E-state index in [1.807, 2.05) is 22.4 Å². The van der Waals surface area contributed by atoms with Crippen LogP contribution in [-0.2, 0) is 10.0 Å². The molecule has 1 atom stereocenters. The van der Waals surface area contributed by atoms with Gasteiger partial charge in [0.15, 0.2) is 0 Å². The highest BCUT2D eigenvalue weighted by atomic mass is 32.2. The van der Waals surface area contributed by atoms with Crippen molar-refractivity contribution in [3.05, 3.63) is 50.7 Å². The Labute approximate surface area is 163 Å². The number of nitrogens with zero attached hydrogens (tertiary/aromatic N) is 2. The van der Waals surface area contributed by atoms with Crippen LogP contribution in [0, 0.1) is 10.1 Å². The summed E-state index contributed by atoms with van der Waals surface area (Å²) in [6.07, 6.45) is 1.86. The number of hydrogen-bond acceptors (Lipinski definition) is 6. The molecule has 2 heterocycles. The number of anilines is 1. The fourth-order valence-electron chi connectivity index (χ4n) is 3.35. The largest absolute Gasteiger partial charge is 0.358 e. The second kappa shape index (κ2) is 7.21. The first-order valence-electron chi connectivity index (χ1n) is 8.71. The third kappa shape index (κ3) is 4.31. The van der Waals surface area contributed by atoms with Crippen LogP contribution in [0.1, 0.15) is 44.5 Å². The van der Waals surface area contributed by atoms with Crippen molar-refractivity contribution in [3.63, 3.8) is 0 Å². The molecular weight excluding hydrogens is 386 g/mol. The Morgan fingerprint density at radius 2 is 2.04 bits per heavy atom. The summed E-state index contributed by atoms with van der Waals surface area (Å²) in [5.41, 5.74) is -0.397. The molecule has 7 nitrogen and oxygen atoms in total. The van der Waals surface area contributed by atoms with Gasteiger partial charge in [0.2, 0.25) is 10.0 Å². The van der Waals surface area contributed by atoms with Gasteiger partial charge in [-0.3, -0.25) is 10.1 Å². The van der Waals surface area contributed by atoms with E-state index >= 15 is 0 Å². The average Bonchev–Trinajstić information content (AvgIpc) is 3.23. The Kier molecular flexibility index (Phi) is 5.29. The van der Waals surface area contributed by atoms with Crippen molar-refractivity contribution in [2.24, 2.45) is 0 Å². The van der Waals surface area contributed by atoms with Crippen LogP contribution in [0.25, 0.3) is 0 Å². The van der Waals surface area contributed by atoms with Crippen LogP contribution in [0.5, 0.6) is 0 Å². The van der Waals surface area contributed by atoms with Crippen molar-refractivity contribution >= 4 is 32.7 Å². The van der Waals surface area contributed by atoms with E-state index in [2.05, 4.69) is 4.72 Å². The molecule has 0 unspecified atom stereocenters. The lowest BCUT2D eigenvalue weighted by Gasteiger charge is -2.26. The maximum Gasteiger partial charge on any atom is 0.293 e. The molecule has 1 aliphatic heterocycles. The van der Waals surface area contributed by atoms with E-state index in [0.717, 1.165) is 23.8 Å². The highest BCUT2D eigenvalue weighted by molar-refractivity contribution is 7.89. The van der Waals surface area contributed by atoms with Gasteiger partial charge in [-0.25, -0.2) is 13.1 Å². The van der Waals surface area contributed by atoms with Gasteiger partial charge in [0.1, 0.15) is 5.69 Å². The molecule has 9 heteroatoms. The molecule has 1 aromatic heterocycles. The molecule has 0 aliphatic carbocycles. The Morgan fingerprint density at radius 3 is 2.63 bits per heavy atom. The lowest BCUT2D eigenvalue weighted by Crippen LogP contribution is -2.40. The molecule has 0 bridgehead atoms. The highest BCUT2D eigenvalue weighted by Gasteiger charge is 2.33. The van der Waals surface area contributed by atoms with Crippen molar-refractivity contribution in [2.45, 2.75) is 50.1 Å². The summed E-state index contributed by atoms with van der Waals surface area (Å²) in [7, 11) is -3.84. The third-order valence-corrected chi connectivity index (χ3v) is 7.06. The quantitative estimate of drug-likeness (QED) is 0.593. The molecule has 27 heavy (non-hydrogen) atoms. The van der Waals surface area contributed by atoms with E-state index in [1.165, 1.54) is 6.07 Å². The van der Waals surface area contributed by atoms with Gasteiger partial charge in [-0.1, -0.05) is 6.07 Å². The Bertz CT molecular complexity index is 934. The van der Waals surface area contributed by atoms with Gasteiger partial charge in [-0.05, 0) is 57.2 Å². The first-order valence-corrected chi connectivity index (χ1v) is 11.1. The van der Waals surface area contributed by atoms with Gasteiger partial charge in [-0.15, -0.1) is 11.3 Å². The molecule has 1 fully saturated rings. The Morgan fingerprint density at radius 1 is 1.30 bits per heavy atom. The molecule has 1 saturated heterocycles. The van der Waals surface area contributed by atoms with Crippen LogP contribution in [0.2, 0.25) is 0 Å². The van der Waals surface area contributed by atoms with Gasteiger partial charge >= 0.3 is 0 Å². The van der Waals surface area contributed by atoms with Gasteiger partial charge < -0.3 is 4.90 Å². The summed E-state index contributed by atoms with van der Waals surface area (Å²) in [5.74, 6) is 0. The molecule has 146 valence electrons. The van der Waals surface area contributed by atoms with Crippen LogP contribution in [0.3, 0.4) is 0 Å². The Hall–Kier alpha value is -1.97. The van der Waals surface area contributed by atoms with E-state index in [1.54, 1.807) is 38.2 Å². The lowest BCUT2D eigenvalue weighted by atomic mass is 10.1. The molecule has 1 N–H and O–H groups in total. The van der Waals surface area contributed by atoms with Crippen molar-refractivity contribution in [2.75, 3.05) is 11.4 Å². The monoisotopic (exact) mass is 409 g/mol. The van der Waals surface area contributed by atoms with E-state index in [0.29, 0.717) is 12.2 Å². The van der Waals surface area contributed by atoms with Crippen LogP contribution in [0.4, 0.5) is 11.4 Å². The fourth-order valence-corrected chi connectivity index (χ4v) is 5.66. The number of thiophene rings is 1. The average molecular weight is 410 g/mol. The van der Waals surface area contributed by atoms with E-state index in [9.17, 15) is 18.5 Å². The standard InChI is InChI=1S/C18H23N3O4S2/c1-18(2,3)19-27(24,25)13-8-9-14(16(12-13)21(22)23)20-10-4-6-15(20)17-7-5-11-26-17/h5,7-9,11-12,15,19H,4,6,10H2,1-3H3/t15-/m1/s1. The zero-order valence-corrected chi connectivity index (χ0v) is 17.1. The molecule has 0 spiro atoms. The van der Waals surface area contributed by atoms with Crippen molar-refractivity contribution in [1.29, 1.82) is 0 Å². The number of nitro benzene ring substituents is 1. The maximum absolute atomic E-state index is 12.6. The number of hydrogen-bond donors (Lipinski definition) is 1.